The van der Waals surface area contributed by atoms with Crippen LogP contribution >= 0.6 is 23.2 Å². The van der Waals surface area contributed by atoms with Gasteiger partial charge in [0.2, 0.25) is 5.91 Å². The van der Waals surface area contributed by atoms with Crippen LogP contribution < -0.4 is 0 Å². The maximum atomic E-state index is 12.2. The van der Waals surface area contributed by atoms with Crippen LogP contribution in [-0.2, 0) is 4.79 Å². The normalized spacial score (nSPS) is 18.9. The van der Waals surface area contributed by atoms with Crippen LogP contribution in [0.4, 0.5) is 0 Å². The topological polar surface area (TPSA) is 23.6 Å². The number of rotatable bonds is 4. The molecule has 1 fully saturated rings. The van der Waals surface area contributed by atoms with E-state index in [0.29, 0.717) is 16.0 Å². The van der Waals surface area contributed by atoms with Crippen LogP contribution in [0.3, 0.4) is 0 Å². The van der Waals surface area contributed by atoms with Gasteiger partial charge >= 0.3 is 0 Å². The average Bonchev–Trinajstić information content (AvgIpc) is 2.87. The quantitative estimate of drug-likeness (QED) is 0.791. The Balaban J connectivity index is 1.92. The van der Waals surface area contributed by atoms with Crippen LogP contribution in [0.2, 0.25) is 10.0 Å². The van der Waals surface area contributed by atoms with E-state index in [1.54, 1.807) is 24.3 Å². The van der Waals surface area contributed by atoms with Crippen LogP contribution in [0, 0.1) is 5.92 Å². The average molecular weight is 327 g/mol. The highest BCUT2D eigenvalue weighted by molar-refractivity contribution is 6.42. The molecule has 1 unspecified atom stereocenters. The SMILES string of the molecule is CN(C)CC1CCN(C(=O)/C=C/c2ccc(Cl)c(Cl)c2)C1. The minimum atomic E-state index is 0.0577. The lowest BCUT2D eigenvalue weighted by atomic mass is 10.1. The number of benzene rings is 1. The van der Waals surface area contributed by atoms with Gasteiger partial charge in [0, 0.05) is 25.7 Å². The first-order chi connectivity index (χ1) is 9.95. The summed E-state index contributed by atoms with van der Waals surface area (Å²) in [6, 6.07) is 5.33. The molecule has 21 heavy (non-hydrogen) atoms. The summed E-state index contributed by atoms with van der Waals surface area (Å²) in [5.41, 5.74) is 0.877. The molecule has 0 bridgehead atoms. The van der Waals surface area contributed by atoms with E-state index < -0.39 is 0 Å². The van der Waals surface area contributed by atoms with Crippen molar-refractivity contribution in [2.75, 3.05) is 33.7 Å². The second-order valence-electron chi connectivity index (χ2n) is 5.71. The lowest BCUT2D eigenvalue weighted by Gasteiger charge is -2.17. The van der Waals surface area contributed by atoms with Gasteiger partial charge in [-0.05, 0) is 50.2 Å². The Kier molecular flexibility index (Phi) is 5.68. The zero-order valence-electron chi connectivity index (χ0n) is 12.4. The first-order valence-electron chi connectivity index (χ1n) is 7.02. The molecule has 3 nitrogen and oxygen atoms in total. The number of hydrogen-bond donors (Lipinski definition) is 0. The minimum absolute atomic E-state index is 0.0577. The monoisotopic (exact) mass is 326 g/mol. The fourth-order valence-electron chi connectivity index (χ4n) is 2.59. The zero-order valence-corrected chi connectivity index (χ0v) is 13.9. The maximum Gasteiger partial charge on any atom is 0.246 e. The van der Waals surface area contributed by atoms with E-state index in [0.717, 1.165) is 31.6 Å². The predicted molar refractivity (Wildman–Crippen MR) is 88.7 cm³/mol. The number of carbonyl (C=O) groups excluding carboxylic acids is 1. The van der Waals surface area contributed by atoms with Gasteiger partial charge in [0.15, 0.2) is 0 Å². The molecule has 1 aliphatic heterocycles. The van der Waals surface area contributed by atoms with Gasteiger partial charge in [0.1, 0.15) is 0 Å². The standard InChI is InChI=1S/C16H20Cl2N2O/c1-19(2)10-13-7-8-20(11-13)16(21)6-4-12-3-5-14(17)15(18)9-12/h3-6,9,13H,7-8,10-11H2,1-2H3/b6-4+. The van der Waals surface area contributed by atoms with Gasteiger partial charge in [0.05, 0.1) is 10.0 Å². The fraction of sp³-hybridized carbons (Fsp3) is 0.438. The van der Waals surface area contributed by atoms with Gasteiger partial charge in [0.25, 0.3) is 0 Å². The molecule has 0 spiro atoms. The third kappa shape index (κ3) is 4.73. The van der Waals surface area contributed by atoms with Crippen molar-refractivity contribution in [2.45, 2.75) is 6.42 Å². The summed E-state index contributed by atoms with van der Waals surface area (Å²) in [5.74, 6) is 0.629. The summed E-state index contributed by atoms with van der Waals surface area (Å²) < 4.78 is 0. The van der Waals surface area contributed by atoms with Crippen LogP contribution in [0.5, 0.6) is 0 Å². The molecular weight excluding hydrogens is 307 g/mol. The van der Waals surface area contributed by atoms with E-state index in [1.807, 2.05) is 11.0 Å². The van der Waals surface area contributed by atoms with Crippen molar-refractivity contribution >= 4 is 35.2 Å². The summed E-state index contributed by atoms with van der Waals surface area (Å²) >= 11 is 11.8. The Morgan fingerprint density at radius 1 is 1.38 bits per heavy atom. The van der Waals surface area contributed by atoms with Crippen LogP contribution in [0.1, 0.15) is 12.0 Å². The summed E-state index contributed by atoms with van der Waals surface area (Å²) in [6.45, 7) is 2.70. The number of likely N-dealkylation sites (tertiary alicyclic amines) is 1. The summed E-state index contributed by atoms with van der Waals surface area (Å²) in [6.07, 6.45) is 4.46. The molecule has 0 saturated carbocycles. The Bertz CT molecular complexity index is 543. The molecule has 5 heteroatoms. The van der Waals surface area contributed by atoms with Crippen molar-refractivity contribution in [3.05, 3.63) is 39.9 Å². The Hall–Kier alpha value is -1.03. The highest BCUT2D eigenvalue weighted by Crippen LogP contribution is 2.23. The summed E-state index contributed by atoms with van der Waals surface area (Å²) in [5, 5.41) is 1.02. The van der Waals surface area contributed by atoms with Gasteiger partial charge in [-0.25, -0.2) is 0 Å². The molecule has 0 aliphatic carbocycles. The van der Waals surface area contributed by atoms with Crippen molar-refractivity contribution in [1.82, 2.24) is 9.80 Å². The van der Waals surface area contributed by atoms with Crippen molar-refractivity contribution in [3.8, 4) is 0 Å². The van der Waals surface area contributed by atoms with Crippen LogP contribution in [0.15, 0.2) is 24.3 Å². The van der Waals surface area contributed by atoms with Gasteiger partial charge in [-0.1, -0.05) is 29.3 Å². The Labute approximate surface area is 136 Å². The maximum absolute atomic E-state index is 12.2. The van der Waals surface area contributed by atoms with Gasteiger partial charge < -0.3 is 9.80 Å². The third-order valence-electron chi connectivity index (χ3n) is 3.58. The van der Waals surface area contributed by atoms with E-state index in [9.17, 15) is 4.79 Å². The lowest BCUT2D eigenvalue weighted by molar-refractivity contribution is -0.125. The minimum Gasteiger partial charge on any atom is -0.339 e. The third-order valence-corrected chi connectivity index (χ3v) is 4.32. The zero-order chi connectivity index (χ0) is 15.4. The van der Waals surface area contributed by atoms with Gasteiger partial charge in [-0.2, -0.15) is 0 Å². The second kappa shape index (κ2) is 7.30. The molecule has 0 radical (unpaired) electrons. The molecule has 2 rings (SSSR count). The molecule has 0 N–H and O–H groups in total. The molecule has 1 saturated heterocycles. The van der Waals surface area contributed by atoms with Crippen LogP contribution in [0.25, 0.3) is 6.08 Å². The smallest absolute Gasteiger partial charge is 0.246 e. The molecule has 1 aromatic rings. The fourth-order valence-corrected chi connectivity index (χ4v) is 2.89. The molecular formula is C16H20Cl2N2O. The first kappa shape index (κ1) is 16.3. The summed E-state index contributed by atoms with van der Waals surface area (Å²) in [7, 11) is 4.13. The molecule has 0 aromatic heterocycles. The number of halogens is 2. The van der Waals surface area contributed by atoms with E-state index in [4.69, 9.17) is 23.2 Å². The number of nitrogens with zero attached hydrogens (tertiary/aromatic N) is 2. The van der Waals surface area contributed by atoms with Crippen molar-refractivity contribution in [1.29, 1.82) is 0 Å². The second-order valence-corrected chi connectivity index (χ2v) is 6.52. The molecule has 1 aromatic carbocycles. The van der Waals surface area contributed by atoms with Crippen molar-refractivity contribution in [3.63, 3.8) is 0 Å². The highest BCUT2D eigenvalue weighted by atomic mass is 35.5. The molecule has 1 atom stereocenters. The Morgan fingerprint density at radius 2 is 2.14 bits per heavy atom. The largest absolute Gasteiger partial charge is 0.339 e. The lowest BCUT2D eigenvalue weighted by Crippen LogP contribution is -2.29. The first-order valence-corrected chi connectivity index (χ1v) is 7.78. The molecule has 1 heterocycles. The van der Waals surface area contributed by atoms with E-state index >= 15 is 0 Å². The van der Waals surface area contributed by atoms with E-state index in [2.05, 4.69) is 19.0 Å². The highest BCUT2D eigenvalue weighted by Gasteiger charge is 2.25. The van der Waals surface area contributed by atoms with Gasteiger partial charge in [-0.15, -0.1) is 0 Å². The summed E-state index contributed by atoms with van der Waals surface area (Å²) in [4.78, 5) is 16.2. The number of carbonyl (C=O) groups is 1. The Morgan fingerprint density at radius 3 is 2.81 bits per heavy atom. The van der Waals surface area contributed by atoms with Crippen molar-refractivity contribution in [2.24, 2.45) is 5.92 Å². The molecule has 1 aliphatic rings. The van der Waals surface area contributed by atoms with Crippen molar-refractivity contribution < 1.29 is 4.79 Å². The predicted octanol–water partition coefficient (Wildman–Crippen LogP) is 3.42. The number of amides is 1. The molecule has 114 valence electrons. The van der Waals surface area contributed by atoms with Gasteiger partial charge in [-0.3, -0.25) is 4.79 Å². The molecule has 1 amide bonds. The van der Waals surface area contributed by atoms with E-state index in [-0.39, 0.29) is 5.91 Å². The number of hydrogen-bond acceptors (Lipinski definition) is 2. The van der Waals surface area contributed by atoms with E-state index in [1.165, 1.54) is 0 Å². The van der Waals surface area contributed by atoms with Crippen LogP contribution in [-0.4, -0.2) is 49.4 Å².